The Morgan fingerprint density at radius 3 is 2.39 bits per heavy atom. The van der Waals surface area contributed by atoms with Crippen LogP contribution in [-0.4, -0.2) is 44.4 Å². The molecular weight excluding hydrogens is 552 g/mol. The fourth-order valence-corrected chi connectivity index (χ4v) is 5.83. The molecule has 5 aromatic rings. The molecule has 9 heteroatoms. The molecule has 1 atom stereocenters. The smallest absolute Gasteiger partial charge is 0.258 e. The molecule has 3 aromatic carbocycles. The number of methoxy groups -OCH3 is 1. The monoisotopic (exact) mass is 590 g/mol. The van der Waals surface area contributed by atoms with Gasteiger partial charge in [0, 0.05) is 26.1 Å². The molecule has 1 aliphatic heterocycles. The third kappa shape index (κ3) is 6.51. The molecule has 4 bridgehead atoms. The number of amides is 1. The summed E-state index contributed by atoms with van der Waals surface area (Å²) in [5.74, 6) is 1.67. The van der Waals surface area contributed by atoms with E-state index in [1.165, 1.54) is 0 Å². The number of oxazole rings is 1. The van der Waals surface area contributed by atoms with Gasteiger partial charge in [0.25, 0.3) is 5.91 Å². The van der Waals surface area contributed by atoms with Gasteiger partial charge >= 0.3 is 0 Å². The van der Waals surface area contributed by atoms with Crippen LogP contribution < -0.4 is 9.64 Å². The molecule has 2 aromatic heterocycles. The van der Waals surface area contributed by atoms with E-state index in [-0.39, 0.29) is 11.9 Å². The highest BCUT2D eigenvalue weighted by Crippen LogP contribution is 2.35. The first-order valence-electron chi connectivity index (χ1n) is 15.3. The molecule has 0 aliphatic carbocycles. The Hall–Kier alpha value is -4.92. The molecule has 0 spiro atoms. The standard InChI is InChI=1S/C35H38N6O3/c1-3-31-33-36-30(22-26-14-6-4-7-15-26)35(44-33)39(23-27-16-8-5-9-17-27)24-28-25-40(38-37-28)20-12-13-21-41(31)34(42)29-18-10-11-19-32(29)43-2/h4-11,14-19,25,31H,3,12-13,20-24H2,1-2H3. The number of fused-ring (bicyclic) bond motifs is 4. The van der Waals surface area contributed by atoms with E-state index in [2.05, 4.69) is 46.4 Å². The van der Waals surface area contributed by atoms with Crippen molar-refractivity contribution in [1.29, 1.82) is 0 Å². The van der Waals surface area contributed by atoms with Gasteiger partial charge in [0.2, 0.25) is 11.8 Å². The molecule has 6 rings (SSSR count). The predicted molar refractivity (Wildman–Crippen MR) is 168 cm³/mol. The van der Waals surface area contributed by atoms with Gasteiger partial charge in [-0.15, -0.1) is 5.10 Å². The second-order valence-electron chi connectivity index (χ2n) is 11.1. The van der Waals surface area contributed by atoms with Crippen molar-refractivity contribution >= 4 is 11.8 Å². The summed E-state index contributed by atoms with van der Waals surface area (Å²) in [6.45, 7) is 4.44. The fourth-order valence-electron chi connectivity index (χ4n) is 5.83. The van der Waals surface area contributed by atoms with Crippen LogP contribution in [0, 0.1) is 0 Å². The Morgan fingerprint density at radius 1 is 0.932 bits per heavy atom. The van der Waals surface area contributed by atoms with Gasteiger partial charge in [-0.2, -0.15) is 0 Å². The number of aryl methyl sites for hydroxylation is 1. The van der Waals surface area contributed by atoms with Crippen LogP contribution in [0.15, 0.2) is 95.5 Å². The largest absolute Gasteiger partial charge is 0.496 e. The minimum Gasteiger partial charge on any atom is -0.496 e. The number of benzene rings is 3. The van der Waals surface area contributed by atoms with Crippen molar-refractivity contribution in [3.05, 3.63) is 125 Å². The van der Waals surface area contributed by atoms with Gasteiger partial charge in [0.05, 0.1) is 25.4 Å². The van der Waals surface area contributed by atoms with Crippen molar-refractivity contribution in [1.82, 2.24) is 24.9 Å². The highest BCUT2D eigenvalue weighted by atomic mass is 16.5. The lowest BCUT2D eigenvalue weighted by molar-refractivity contribution is 0.0632. The number of carbonyl (C=O) groups excluding carboxylic acids is 1. The van der Waals surface area contributed by atoms with E-state index in [9.17, 15) is 4.79 Å². The Bertz CT molecular complexity index is 1670. The predicted octanol–water partition coefficient (Wildman–Crippen LogP) is 6.46. The highest BCUT2D eigenvalue weighted by Gasteiger charge is 2.32. The molecule has 0 N–H and O–H groups in total. The number of rotatable bonds is 7. The number of hydrogen-bond acceptors (Lipinski definition) is 7. The van der Waals surface area contributed by atoms with Crippen LogP contribution in [0.5, 0.6) is 5.75 Å². The van der Waals surface area contributed by atoms with Crippen molar-refractivity contribution < 1.29 is 13.9 Å². The minimum atomic E-state index is -0.358. The van der Waals surface area contributed by atoms with E-state index in [0.717, 1.165) is 41.9 Å². The Morgan fingerprint density at radius 2 is 1.64 bits per heavy atom. The zero-order valence-electron chi connectivity index (χ0n) is 25.3. The summed E-state index contributed by atoms with van der Waals surface area (Å²) in [6.07, 6.45) is 4.88. The Kier molecular flexibility index (Phi) is 9.01. The Balaban J connectivity index is 1.47. The van der Waals surface area contributed by atoms with Gasteiger partial charge in [-0.1, -0.05) is 84.9 Å². The van der Waals surface area contributed by atoms with Gasteiger partial charge in [0.15, 0.2) is 0 Å². The molecule has 1 amide bonds. The summed E-state index contributed by atoms with van der Waals surface area (Å²) in [6, 6.07) is 27.6. The van der Waals surface area contributed by atoms with Crippen molar-refractivity contribution in [2.24, 2.45) is 0 Å². The van der Waals surface area contributed by atoms with E-state index in [1.807, 2.05) is 76.4 Å². The van der Waals surface area contributed by atoms with Gasteiger partial charge in [-0.05, 0) is 42.5 Å². The number of para-hydroxylation sites is 1. The number of anilines is 1. The summed E-state index contributed by atoms with van der Waals surface area (Å²) in [4.78, 5) is 23.5. The highest BCUT2D eigenvalue weighted by molar-refractivity contribution is 5.97. The summed E-state index contributed by atoms with van der Waals surface area (Å²) in [7, 11) is 1.59. The van der Waals surface area contributed by atoms with Crippen LogP contribution in [0.1, 0.15) is 71.0 Å². The normalized spacial score (nSPS) is 15.5. The van der Waals surface area contributed by atoms with E-state index in [0.29, 0.717) is 55.6 Å². The molecule has 226 valence electrons. The van der Waals surface area contributed by atoms with E-state index in [1.54, 1.807) is 7.11 Å². The van der Waals surface area contributed by atoms with Crippen LogP contribution in [0.25, 0.3) is 0 Å². The first kappa shape index (κ1) is 29.2. The van der Waals surface area contributed by atoms with E-state index < -0.39 is 0 Å². The molecule has 0 saturated carbocycles. The van der Waals surface area contributed by atoms with Crippen LogP contribution in [0.3, 0.4) is 0 Å². The first-order chi connectivity index (χ1) is 21.6. The van der Waals surface area contributed by atoms with Gasteiger partial charge in [0.1, 0.15) is 23.2 Å². The molecule has 0 saturated heterocycles. The van der Waals surface area contributed by atoms with Gasteiger partial charge in [-0.3, -0.25) is 9.48 Å². The maximum atomic E-state index is 14.2. The van der Waals surface area contributed by atoms with Gasteiger partial charge < -0.3 is 19.0 Å². The average Bonchev–Trinajstić information content (AvgIpc) is 3.69. The van der Waals surface area contributed by atoms with Gasteiger partial charge in [-0.25, -0.2) is 4.98 Å². The molecule has 44 heavy (non-hydrogen) atoms. The second kappa shape index (κ2) is 13.6. The molecule has 9 nitrogen and oxygen atoms in total. The summed E-state index contributed by atoms with van der Waals surface area (Å²) >= 11 is 0. The van der Waals surface area contributed by atoms with Crippen LogP contribution >= 0.6 is 0 Å². The maximum absolute atomic E-state index is 14.2. The minimum absolute atomic E-state index is 0.102. The zero-order valence-corrected chi connectivity index (χ0v) is 25.3. The third-order valence-electron chi connectivity index (χ3n) is 8.03. The zero-order chi connectivity index (χ0) is 30.3. The molecule has 0 radical (unpaired) electrons. The van der Waals surface area contributed by atoms with Crippen LogP contribution in [0.2, 0.25) is 0 Å². The molecular formula is C35H38N6O3. The molecule has 1 aliphatic rings. The van der Waals surface area contributed by atoms with E-state index >= 15 is 0 Å². The number of hydrogen-bond donors (Lipinski definition) is 0. The number of aromatic nitrogens is 4. The quantitative estimate of drug-likeness (QED) is 0.215. The van der Waals surface area contributed by atoms with Crippen molar-refractivity contribution in [3.63, 3.8) is 0 Å². The summed E-state index contributed by atoms with van der Waals surface area (Å²) in [5, 5.41) is 8.91. The number of carbonyl (C=O) groups is 1. The molecule has 0 fully saturated rings. The SMILES string of the molecule is CCC1c2nc(Cc3ccccc3)c(o2)N(Cc2ccccc2)Cc2cn(nn2)CCCCN1C(=O)c1ccccc1OC. The molecule has 3 heterocycles. The number of ether oxygens (including phenoxy) is 1. The van der Waals surface area contributed by atoms with Crippen molar-refractivity contribution in [3.8, 4) is 5.75 Å². The lowest BCUT2D eigenvalue weighted by Gasteiger charge is -2.30. The topological polar surface area (TPSA) is 89.5 Å². The van der Waals surface area contributed by atoms with Crippen molar-refractivity contribution in [2.45, 2.75) is 58.3 Å². The fraction of sp³-hybridized carbons (Fsp3) is 0.314. The second-order valence-corrected chi connectivity index (χ2v) is 11.1. The average molecular weight is 591 g/mol. The summed E-state index contributed by atoms with van der Waals surface area (Å²) in [5.41, 5.74) is 4.49. The lowest BCUT2D eigenvalue weighted by atomic mass is 10.1. The van der Waals surface area contributed by atoms with Crippen LogP contribution in [0.4, 0.5) is 5.88 Å². The van der Waals surface area contributed by atoms with Crippen LogP contribution in [-0.2, 0) is 26.1 Å². The lowest BCUT2D eigenvalue weighted by Crippen LogP contribution is -2.36. The maximum Gasteiger partial charge on any atom is 0.258 e. The third-order valence-corrected chi connectivity index (χ3v) is 8.03. The molecule has 1 unspecified atom stereocenters. The van der Waals surface area contributed by atoms with Crippen molar-refractivity contribution in [2.75, 3.05) is 18.6 Å². The number of nitrogens with zero attached hydrogens (tertiary/aromatic N) is 6. The summed E-state index contributed by atoms with van der Waals surface area (Å²) < 4.78 is 14.2. The van der Waals surface area contributed by atoms with E-state index in [4.69, 9.17) is 14.1 Å². The Labute approximate surface area is 258 Å². The first-order valence-corrected chi connectivity index (χ1v) is 15.3.